The van der Waals surface area contributed by atoms with E-state index in [2.05, 4.69) is 52.2 Å². The zero-order valence-electron chi connectivity index (χ0n) is 31.0. The molecule has 0 radical (unpaired) electrons. The first-order valence-electron chi connectivity index (χ1n) is 19.7. The van der Waals surface area contributed by atoms with Gasteiger partial charge in [-0.05, 0) is 83.5 Å². The van der Waals surface area contributed by atoms with E-state index in [9.17, 15) is 9.90 Å². The Bertz CT molecular complexity index is 566. The second-order valence-electron chi connectivity index (χ2n) is 14.0. The summed E-state index contributed by atoms with van der Waals surface area (Å²) in [6.07, 6.45) is 49.1. The first kappa shape index (κ1) is 45.0. The number of hydrogen-bond acceptors (Lipinski definition) is 2. The van der Waals surface area contributed by atoms with Crippen LogP contribution in [-0.4, -0.2) is 37.6 Å². The van der Waals surface area contributed by atoms with Crippen LogP contribution >= 0.6 is 0 Å². The Morgan fingerprint density at radius 2 is 0.659 bits per heavy atom. The molecular formula is C41H81NO2. The van der Waals surface area contributed by atoms with E-state index in [1.54, 1.807) is 0 Å². The molecule has 0 aliphatic heterocycles. The van der Waals surface area contributed by atoms with Crippen molar-refractivity contribution < 1.29 is 14.4 Å². The normalized spacial score (nSPS) is 11.8. The van der Waals surface area contributed by atoms with Gasteiger partial charge < -0.3 is 14.4 Å². The molecule has 0 amide bonds. The average molecular weight is 620 g/mol. The van der Waals surface area contributed by atoms with E-state index in [1.807, 2.05) is 0 Å². The number of unbranched alkanes of at least 4 members (excludes halogenated alkanes) is 24. The second-order valence-corrected chi connectivity index (χ2v) is 14.0. The van der Waals surface area contributed by atoms with Crippen LogP contribution in [0.5, 0.6) is 0 Å². The highest BCUT2D eigenvalue weighted by molar-refractivity contribution is 5.63. The molecule has 0 aliphatic carbocycles. The molecule has 0 bridgehead atoms. The number of allylic oxidation sites excluding steroid dienone is 4. The molecule has 0 unspecified atom stereocenters. The lowest BCUT2D eigenvalue weighted by atomic mass is 10.1. The summed E-state index contributed by atoms with van der Waals surface area (Å²) >= 11 is 0. The van der Waals surface area contributed by atoms with Gasteiger partial charge in [-0.3, -0.25) is 0 Å². The number of rotatable bonds is 33. The van der Waals surface area contributed by atoms with Gasteiger partial charge in [-0.25, -0.2) is 0 Å². The van der Waals surface area contributed by atoms with Gasteiger partial charge in [0.2, 0.25) is 0 Å². The molecule has 0 aliphatic rings. The Kier molecular flexibility index (Phi) is 39.0. The number of aliphatic carboxylic acids is 1. The Morgan fingerprint density at radius 3 is 0.909 bits per heavy atom. The van der Waals surface area contributed by atoms with Crippen LogP contribution in [0.3, 0.4) is 0 Å². The lowest BCUT2D eigenvalue weighted by molar-refractivity contribution is -0.890. The molecule has 0 saturated heterocycles. The van der Waals surface area contributed by atoms with Gasteiger partial charge >= 0.3 is 0 Å². The fourth-order valence-electron chi connectivity index (χ4n) is 5.69. The van der Waals surface area contributed by atoms with Crippen molar-refractivity contribution in [1.82, 2.24) is 0 Å². The van der Waals surface area contributed by atoms with E-state index < -0.39 is 5.97 Å². The Morgan fingerprint density at radius 1 is 0.432 bits per heavy atom. The van der Waals surface area contributed by atoms with Crippen molar-refractivity contribution in [2.75, 3.05) is 27.2 Å². The van der Waals surface area contributed by atoms with Gasteiger partial charge in [0, 0.05) is 5.97 Å². The van der Waals surface area contributed by atoms with Crippen LogP contribution in [0.2, 0.25) is 0 Å². The van der Waals surface area contributed by atoms with E-state index in [0.717, 1.165) is 0 Å². The lowest BCUT2D eigenvalue weighted by Gasteiger charge is -2.30. The highest BCUT2D eigenvalue weighted by Gasteiger charge is 2.13. The van der Waals surface area contributed by atoms with Gasteiger partial charge in [-0.15, -0.1) is 0 Å². The molecule has 0 fully saturated rings. The third-order valence-electron chi connectivity index (χ3n) is 8.84. The highest BCUT2D eigenvalue weighted by atomic mass is 16.4. The third kappa shape index (κ3) is 43.0. The summed E-state index contributed by atoms with van der Waals surface area (Å²) in [6.45, 7) is 8.86. The standard InChI is InChI=1S/C38H76N.C3H6O2/c1-5-7-9-11-13-15-17-19-21-23-25-27-29-31-33-35-37-39(3,4)38-36-34-32-30-28-26-24-22-20-18-16-14-12-10-8-6-2;1-2-3(4)5/h19-22H,5-18,23-38H2,1-4H3;2H2,1H3,(H,4,5)/q+1;/p-1/b21-19-,22-20-;. The second kappa shape index (κ2) is 38.1. The molecule has 0 aromatic heterocycles. The molecule has 262 valence electrons. The fraction of sp³-hybridized carbons (Fsp3) is 0.878. The van der Waals surface area contributed by atoms with Crippen LogP contribution in [0, 0.1) is 0 Å². The van der Waals surface area contributed by atoms with E-state index in [1.165, 1.54) is 204 Å². The van der Waals surface area contributed by atoms with Crippen LogP contribution in [-0.2, 0) is 4.79 Å². The average Bonchev–Trinajstić information content (AvgIpc) is 3.00. The van der Waals surface area contributed by atoms with Crippen molar-refractivity contribution in [3.63, 3.8) is 0 Å². The smallest absolute Gasteiger partial charge is 0.0782 e. The molecule has 3 nitrogen and oxygen atoms in total. The van der Waals surface area contributed by atoms with Gasteiger partial charge in [-0.2, -0.15) is 0 Å². The van der Waals surface area contributed by atoms with E-state index >= 15 is 0 Å². The summed E-state index contributed by atoms with van der Waals surface area (Å²) in [7, 11) is 4.91. The Balaban J connectivity index is 0. The summed E-state index contributed by atoms with van der Waals surface area (Å²) in [5.41, 5.74) is 0. The monoisotopic (exact) mass is 620 g/mol. The minimum atomic E-state index is -0.995. The molecule has 44 heavy (non-hydrogen) atoms. The number of nitrogens with zero attached hydrogens (tertiary/aromatic N) is 1. The van der Waals surface area contributed by atoms with Crippen LogP contribution in [0.15, 0.2) is 24.3 Å². The van der Waals surface area contributed by atoms with Crippen molar-refractivity contribution in [2.45, 2.75) is 207 Å². The molecule has 0 heterocycles. The first-order valence-corrected chi connectivity index (χ1v) is 19.7. The predicted molar refractivity (Wildman–Crippen MR) is 196 cm³/mol. The van der Waals surface area contributed by atoms with Gasteiger partial charge in [0.25, 0.3) is 0 Å². The molecule has 0 rings (SSSR count). The van der Waals surface area contributed by atoms with Crippen molar-refractivity contribution in [3.8, 4) is 0 Å². The highest BCUT2D eigenvalue weighted by Crippen LogP contribution is 2.14. The Labute approximate surface area is 278 Å². The zero-order chi connectivity index (χ0) is 32.8. The number of quaternary nitrogens is 1. The molecule has 0 saturated carbocycles. The minimum absolute atomic E-state index is 0.111. The number of hydrogen-bond donors (Lipinski definition) is 0. The Hall–Kier alpha value is -1.09. The molecule has 0 aromatic rings. The lowest BCUT2D eigenvalue weighted by Crippen LogP contribution is -2.41. The third-order valence-corrected chi connectivity index (χ3v) is 8.84. The molecular weight excluding hydrogens is 538 g/mol. The summed E-state index contributed by atoms with van der Waals surface area (Å²) < 4.78 is 1.23. The number of carbonyl (C=O) groups is 1. The number of carboxylic acids is 1. The van der Waals surface area contributed by atoms with Gasteiger partial charge in [0.05, 0.1) is 27.2 Å². The number of carbonyl (C=O) groups excluding carboxylic acids is 1. The van der Waals surface area contributed by atoms with E-state index in [0.29, 0.717) is 0 Å². The van der Waals surface area contributed by atoms with Gasteiger partial charge in [-0.1, -0.05) is 148 Å². The summed E-state index contributed by atoms with van der Waals surface area (Å²) in [5.74, 6) is -0.995. The molecule has 0 N–H and O–H groups in total. The topological polar surface area (TPSA) is 40.1 Å². The van der Waals surface area contributed by atoms with E-state index in [-0.39, 0.29) is 6.42 Å². The predicted octanol–water partition coefficient (Wildman–Crippen LogP) is 12.3. The van der Waals surface area contributed by atoms with Crippen LogP contribution in [0.1, 0.15) is 207 Å². The maximum Gasteiger partial charge on any atom is 0.0782 e. The van der Waals surface area contributed by atoms with Crippen molar-refractivity contribution >= 4 is 5.97 Å². The largest absolute Gasteiger partial charge is 0.550 e. The quantitative estimate of drug-likeness (QED) is 0.0416. The van der Waals surface area contributed by atoms with E-state index in [4.69, 9.17) is 0 Å². The molecule has 0 spiro atoms. The van der Waals surface area contributed by atoms with Crippen LogP contribution in [0.25, 0.3) is 0 Å². The maximum atomic E-state index is 9.26. The van der Waals surface area contributed by atoms with Crippen LogP contribution < -0.4 is 5.11 Å². The van der Waals surface area contributed by atoms with Crippen molar-refractivity contribution in [1.29, 1.82) is 0 Å². The van der Waals surface area contributed by atoms with Gasteiger partial charge in [0.15, 0.2) is 0 Å². The first-order chi connectivity index (χ1) is 21.4. The molecule has 0 aromatic carbocycles. The SMILES string of the molecule is CCC(=O)[O-].CCCCCCCC/C=C\CCCCCCCC[N+](C)(C)CCCCCCCC/C=C\CCCCCCCC. The summed E-state index contributed by atoms with van der Waals surface area (Å²) in [5, 5.41) is 9.26. The maximum absolute atomic E-state index is 9.26. The van der Waals surface area contributed by atoms with Crippen LogP contribution in [0.4, 0.5) is 0 Å². The number of carboxylic acid groups (broad SMARTS) is 1. The van der Waals surface area contributed by atoms with Gasteiger partial charge in [0.1, 0.15) is 0 Å². The van der Waals surface area contributed by atoms with Crippen molar-refractivity contribution in [2.24, 2.45) is 0 Å². The fourth-order valence-corrected chi connectivity index (χ4v) is 5.69. The van der Waals surface area contributed by atoms with Crippen molar-refractivity contribution in [3.05, 3.63) is 24.3 Å². The summed E-state index contributed by atoms with van der Waals surface area (Å²) in [4.78, 5) is 9.26. The zero-order valence-corrected chi connectivity index (χ0v) is 31.0. The molecule has 3 heteroatoms. The minimum Gasteiger partial charge on any atom is -0.550 e. The molecule has 0 atom stereocenters. The summed E-state index contributed by atoms with van der Waals surface area (Å²) in [6, 6.07) is 0.